The molecule has 0 aliphatic carbocycles. The van der Waals surface area contributed by atoms with Gasteiger partial charge in [-0.3, -0.25) is 24.7 Å². The van der Waals surface area contributed by atoms with Gasteiger partial charge in [0, 0.05) is 56.1 Å². The minimum atomic E-state index is -2.85. The zero-order chi connectivity index (χ0) is 26.7. The summed E-state index contributed by atoms with van der Waals surface area (Å²) in [5.74, 6) is -3.19. The number of aromatic nitrogens is 2. The number of piperidine rings is 1. The average molecular weight is 517 g/mol. The van der Waals surface area contributed by atoms with E-state index in [2.05, 4.69) is 15.3 Å². The summed E-state index contributed by atoms with van der Waals surface area (Å²) >= 11 is 0. The second-order valence-corrected chi connectivity index (χ2v) is 9.85. The van der Waals surface area contributed by atoms with Crippen LogP contribution in [0.4, 0.5) is 8.78 Å². The highest BCUT2D eigenvalue weighted by atomic mass is 19.3. The highest BCUT2D eigenvalue weighted by molar-refractivity contribution is 6.09. The molecule has 0 bridgehead atoms. The number of aliphatic imine (C=N–C) groups is 1. The Balaban J connectivity index is 1.35. The smallest absolute Gasteiger partial charge is 0.271 e. The molecule has 38 heavy (non-hydrogen) atoms. The van der Waals surface area contributed by atoms with E-state index in [0.717, 1.165) is 28.0 Å². The first-order chi connectivity index (χ1) is 18.3. The first-order valence-electron chi connectivity index (χ1n) is 12.7. The zero-order valence-corrected chi connectivity index (χ0v) is 21.1. The molecule has 3 N–H and O–H groups in total. The van der Waals surface area contributed by atoms with Crippen LogP contribution < -0.4 is 11.1 Å². The number of pyridine rings is 2. The van der Waals surface area contributed by atoms with Crippen LogP contribution in [-0.2, 0) is 0 Å². The third-order valence-corrected chi connectivity index (χ3v) is 6.88. The van der Waals surface area contributed by atoms with Gasteiger partial charge in [0.05, 0.1) is 11.8 Å². The van der Waals surface area contributed by atoms with E-state index in [-0.39, 0.29) is 25.4 Å². The van der Waals surface area contributed by atoms with Crippen LogP contribution in [0.2, 0.25) is 0 Å². The second kappa shape index (κ2) is 10.9. The van der Waals surface area contributed by atoms with Crippen LogP contribution in [0.15, 0.2) is 83.6 Å². The number of allylic oxidation sites excluding steroid dienone is 1. The van der Waals surface area contributed by atoms with Crippen LogP contribution in [0, 0.1) is 6.92 Å². The van der Waals surface area contributed by atoms with Crippen LogP contribution in [0.5, 0.6) is 0 Å². The Kier molecular flexibility index (Phi) is 7.40. The van der Waals surface area contributed by atoms with Crippen molar-refractivity contribution in [3.05, 3.63) is 95.6 Å². The van der Waals surface area contributed by atoms with Crippen LogP contribution in [0.1, 0.15) is 34.6 Å². The summed E-state index contributed by atoms with van der Waals surface area (Å²) in [7, 11) is 0. The second-order valence-electron chi connectivity index (χ2n) is 9.85. The molecule has 1 aromatic carbocycles. The number of benzene rings is 1. The van der Waals surface area contributed by atoms with Gasteiger partial charge in [0.25, 0.3) is 11.8 Å². The number of aryl methyl sites for hydroxylation is 1. The van der Waals surface area contributed by atoms with Crippen molar-refractivity contribution in [1.29, 1.82) is 0 Å². The third kappa shape index (κ3) is 6.00. The molecule has 5 rings (SSSR count). The number of alkyl halides is 2. The summed E-state index contributed by atoms with van der Waals surface area (Å²) in [5, 5.41) is 3.00. The van der Waals surface area contributed by atoms with Gasteiger partial charge in [-0.15, -0.1) is 0 Å². The molecule has 2 aliphatic rings. The van der Waals surface area contributed by atoms with E-state index in [1.165, 1.54) is 0 Å². The van der Waals surface area contributed by atoms with E-state index in [1.807, 2.05) is 66.4 Å². The Labute approximate surface area is 220 Å². The fourth-order valence-corrected chi connectivity index (χ4v) is 4.74. The van der Waals surface area contributed by atoms with Crippen LogP contribution >= 0.6 is 0 Å². The Morgan fingerprint density at radius 1 is 1.11 bits per heavy atom. The Morgan fingerprint density at radius 2 is 1.92 bits per heavy atom. The van der Waals surface area contributed by atoms with Gasteiger partial charge in [0.1, 0.15) is 11.9 Å². The van der Waals surface area contributed by atoms with Gasteiger partial charge in [-0.25, -0.2) is 8.78 Å². The van der Waals surface area contributed by atoms with E-state index < -0.39 is 18.1 Å². The minimum absolute atomic E-state index is 0.107. The van der Waals surface area contributed by atoms with Gasteiger partial charge in [-0.05, 0) is 48.4 Å². The van der Waals surface area contributed by atoms with Crippen molar-refractivity contribution in [1.82, 2.24) is 20.2 Å². The molecule has 2 atom stereocenters. The first-order valence-corrected chi connectivity index (χ1v) is 12.7. The maximum absolute atomic E-state index is 13.9. The number of rotatable bonds is 6. The molecule has 4 heterocycles. The summed E-state index contributed by atoms with van der Waals surface area (Å²) in [5.41, 5.74) is 11.3. The number of amides is 1. The maximum atomic E-state index is 13.9. The molecule has 0 spiro atoms. The molecular weight excluding hydrogens is 486 g/mol. The van der Waals surface area contributed by atoms with Gasteiger partial charge in [-0.1, -0.05) is 35.9 Å². The number of halogens is 2. The number of carbonyl (C=O) groups is 1. The number of nitrogens with zero attached hydrogens (tertiary/aromatic N) is 4. The van der Waals surface area contributed by atoms with Gasteiger partial charge in [0.2, 0.25) is 0 Å². The molecule has 1 unspecified atom stereocenters. The molecule has 1 fully saturated rings. The molecule has 2 aromatic heterocycles. The van der Waals surface area contributed by atoms with E-state index in [4.69, 9.17) is 10.7 Å². The fraction of sp³-hybridized carbons (Fsp3) is 0.310. The number of nitrogens with one attached hydrogen (secondary N) is 1. The van der Waals surface area contributed by atoms with Crippen molar-refractivity contribution >= 4 is 11.6 Å². The van der Waals surface area contributed by atoms with E-state index in [0.29, 0.717) is 24.4 Å². The van der Waals surface area contributed by atoms with Gasteiger partial charge in [0.15, 0.2) is 0 Å². The molecule has 0 saturated carbocycles. The lowest BCUT2D eigenvalue weighted by Gasteiger charge is -2.37. The van der Waals surface area contributed by atoms with E-state index in [9.17, 15) is 13.6 Å². The van der Waals surface area contributed by atoms with Crippen molar-refractivity contribution in [3.63, 3.8) is 0 Å². The summed E-state index contributed by atoms with van der Waals surface area (Å²) in [6.07, 6.45) is 4.96. The maximum Gasteiger partial charge on any atom is 0.271 e. The molecule has 196 valence electrons. The number of hydrogen-bond donors (Lipinski definition) is 2. The summed E-state index contributed by atoms with van der Waals surface area (Å²) in [4.78, 5) is 28.6. The average Bonchev–Trinajstić information content (AvgIpc) is 2.92. The standard InChI is InChI=1S/C29H30F2N6O/c1-19-7-8-23(16-34-19)24-13-20(17-37-12-10-29(30,31)26(32)18-37)14-27(35-24)36-28(38)25-15-22(9-11-33-25)21-5-3-2-4-6-21/h2-9,11,13,15-16,26-27H,10,12,14,17-18,32H2,1H3,(H,36,38)/t26-,27?/m1/s1. The lowest BCUT2D eigenvalue weighted by Crippen LogP contribution is -2.55. The van der Waals surface area contributed by atoms with Crippen molar-refractivity contribution in [3.8, 4) is 11.1 Å². The minimum Gasteiger partial charge on any atom is -0.329 e. The molecule has 2 aliphatic heterocycles. The largest absolute Gasteiger partial charge is 0.329 e. The summed E-state index contributed by atoms with van der Waals surface area (Å²) in [6, 6.07) is 16.0. The van der Waals surface area contributed by atoms with Gasteiger partial charge >= 0.3 is 0 Å². The van der Waals surface area contributed by atoms with Crippen molar-refractivity contribution in [2.45, 2.75) is 37.9 Å². The van der Waals surface area contributed by atoms with Crippen molar-refractivity contribution in [2.24, 2.45) is 10.7 Å². The molecular formula is C29H30F2N6O. The van der Waals surface area contributed by atoms with Gasteiger partial charge in [-0.2, -0.15) is 0 Å². The third-order valence-electron chi connectivity index (χ3n) is 6.88. The SMILES string of the molecule is Cc1ccc(C2=NC(NC(=O)c3cc(-c4ccccc4)ccn3)CC(CN3CCC(F)(F)[C@H](N)C3)=C2)cn1. The zero-order valence-electron chi connectivity index (χ0n) is 21.1. The summed E-state index contributed by atoms with van der Waals surface area (Å²) < 4.78 is 27.8. The Bertz CT molecular complexity index is 1360. The first kappa shape index (κ1) is 25.8. The fourth-order valence-electron chi connectivity index (χ4n) is 4.74. The molecule has 9 heteroatoms. The predicted molar refractivity (Wildman–Crippen MR) is 143 cm³/mol. The topological polar surface area (TPSA) is 96.5 Å². The molecule has 7 nitrogen and oxygen atoms in total. The normalized spacial score (nSPS) is 21.4. The van der Waals surface area contributed by atoms with E-state index in [1.54, 1.807) is 18.5 Å². The Morgan fingerprint density at radius 3 is 2.66 bits per heavy atom. The molecule has 1 saturated heterocycles. The molecule has 0 radical (unpaired) electrons. The van der Waals surface area contributed by atoms with E-state index >= 15 is 0 Å². The Hall–Kier alpha value is -3.82. The lowest BCUT2D eigenvalue weighted by atomic mass is 9.98. The van der Waals surface area contributed by atoms with Crippen molar-refractivity contribution < 1.29 is 13.6 Å². The number of nitrogens with two attached hydrogens (primary N) is 1. The monoisotopic (exact) mass is 516 g/mol. The van der Waals surface area contributed by atoms with Crippen molar-refractivity contribution in [2.75, 3.05) is 19.6 Å². The highest BCUT2D eigenvalue weighted by Crippen LogP contribution is 2.28. The quantitative estimate of drug-likeness (QED) is 0.517. The lowest BCUT2D eigenvalue weighted by molar-refractivity contribution is -0.0709. The number of likely N-dealkylation sites (tertiary alicyclic amines) is 1. The van der Waals surface area contributed by atoms with Gasteiger partial charge < -0.3 is 11.1 Å². The number of carbonyl (C=O) groups excluding carboxylic acids is 1. The predicted octanol–water partition coefficient (Wildman–Crippen LogP) is 4.00. The summed E-state index contributed by atoms with van der Waals surface area (Å²) in [6.45, 7) is 2.73. The van der Waals surface area contributed by atoms with Crippen LogP contribution in [0.3, 0.4) is 0 Å². The van der Waals surface area contributed by atoms with Crippen LogP contribution in [0.25, 0.3) is 11.1 Å². The highest BCUT2D eigenvalue weighted by Gasteiger charge is 2.41. The molecule has 1 amide bonds. The number of hydrogen-bond acceptors (Lipinski definition) is 6. The van der Waals surface area contributed by atoms with Crippen LogP contribution in [-0.4, -0.2) is 64.3 Å². The molecule has 3 aromatic rings. The number of dihydropyridines is 1.